The summed E-state index contributed by atoms with van der Waals surface area (Å²) < 4.78 is 0. The van der Waals surface area contributed by atoms with Gasteiger partial charge in [-0.25, -0.2) is 0 Å². The molecule has 0 bridgehead atoms. The summed E-state index contributed by atoms with van der Waals surface area (Å²) >= 11 is 6.06. The largest absolute Gasteiger partial charge is 0.362 e. The van der Waals surface area contributed by atoms with Crippen LogP contribution in [0.5, 0.6) is 0 Å². The molecule has 0 saturated heterocycles. The van der Waals surface area contributed by atoms with Crippen molar-refractivity contribution in [1.29, 1.82) is 0 Å². The van der Waals surface area contributed by atoms with Gasteiger partial charge >= 0.3 is 0 Å². The first-order chi connectivity index (χ1) is 10.1. The summed E-state index contributed by atoms with van der Waals surface area (Å²) in [5.74, 6) is 0.125. The highest BCUT2D eigenvalue weighted by atomic mass is 35.5. The molecule has 3 nitrogen and oxygen atoms in total. The number of halogens is 1. The number of nitrogens with zero attached hydrogens (tertiary/aromatic N) is 1. The average molecular weight is 305 g/mol. The van der Waals surface area contributed by atoms with Crippen LogP contribution in [0.2, 0.25) is 5.02 Å². The molecule has 1 N–H and O–H groups in total. The van der Waals surface area contributed by atoms with Gasteiger partial charge in [0, 0.05) is 17.3 Å². The van der Waals surface area contributed by atoms with E-state index in [0.29, 0.717) is 16.0 Å². The SMILES string of the molecule is CCN1C(=O)c2cc(Cl)ccc2NC12CCC1(CC1)CC2. The van der Waals surface area contributed by atoms with Gasteiger partial charge in [-0.2, -0.15) is 0 Å². The van der Waals surface area contributed by atoms with E-state index in [9.17, 15) is 4.79 Å². The second kappa shape index (κ2) is 4.39. The third-order valence-electron chi connectivity index (χ3n) is 5.75. The zero-order valence-electron chi connectivity index (χ0n) is 12.4. The molecule has 0 radical (unpaired) electrons. The first kappa shape index (κ1) is 13.4. The van der Waals surface area contributed by atoms with Crippen LogP contribution in [0.25, 0.3) is 0 Å². The Morgan fingerprint density at radius 2 is 1.86 bits per heavy atom. The van der Waals surface area contributed by atoms with Crippen LogP contribution in [0.1, 0.15) is 55.8 Å². The Hall–Kier alpha value is -1.22. The fourth-order valence-electron chi connectivity index (χ4n) is 4.17. The molecule has 0 atom stereocenters. The van der Waals surface area contributed by atoms with Gasteiger partial charge in [0.15, 0.2) is 0 Å². The molecule has 2 saturated carbocycles. The summed E-state index contributed by atoms with van der Waals surface area (Å²) in [5, 5.41) is 4.30. The van der Waals surface area contributed by atoms with Crippen LogP contribution in [-0.4, -0.2) is 23.0 Å². The molecule has 0 unspecified atom stereocenters. The van der Waals surface area contributed by atoms with Gasteiger partial charge in [-0.1, -0.05) is 11.6 Å². The number of rotatable bonds is 1. The van der Waals surface area contributed by atoms with E-state index in [-0.39, 0.29) is 11.6 Å². The number of carbonyl (C=O) groups is 1. The summed E-state index contributed by atoms with van der Waals surface area (Å²) in [6.45, 7) is 2.81. The Morgan fingerprint density at radius 1 is 1.19 bits per heavy atom. The van der Waals surface area contributed by atoms with Crippen LogP contribution in [-0.2, 0) is 0 Å². The molecule has 1 aromatic carbocycles. The van der Waals surface area contributed by atoms with Crippen LogP contribution in [0.3, 0.4) is 0 Å². The van der Waals surface area contributed by atoms with E-state index >= 15 is 0 Å². The summed E-state index contributed by atoms with van der Waals surface area (Å²) in [6.07, 6.45) is 7.38. The lowest BCUT2D eigenvalue weighted by Gasteiger charge is -2.51. The predicted molar refractivity (Wildman–Crippen MR) is 84.7 cm³/mol. The highest BCUT2D eigenvalue weighted by Crippen LogP contribution is 2.59. The Morgan fingerprint density at radius 3 is 2.48 bits per heavy atom. The molecule has 1 aromatic rings. The van der Waals surface area contributed by atoms with Gasteiger partial charge in [0.25, 0.3) is 5.91 Å². The summed E-state index contributed by atoms with van der Waals surface area (Å²) in [4.78, 5) is 14.9. The number of benzene rings is 1. The van der Waals surface area contributed by atoms with Crippen LogP contribution in [0.15, 0.2) is 18.2 Å². The molecule has 1 heterocycles. The highest BCUT2D eigenvalue weighted by molar-refractivity contribution is 6.31. The molecule has 1 aliphatic heterocycles. The third-order valence-corrected chi connectivity index (χ3v) is 5.99. The van der Waals surface area contributed by atoms with Gasteiger partial charge in [-0.05, 0) is 69.1 Å². The molecule has 4 rings (SSSR count). The normalized spacial score (nSPS) is 24.9. The maximum atomic E-state index is 12.9. The fraction of sp³-hybridized carbons (Fsp3) is 0.588. The number of amides is 1. The van der Waals surface area contributed by atoms with Crippen LogP contribution >= 0.6 is 11.6 Å². The summed E-state index contributed by atoms with van der Waals surface area (Å²) in [5.41, 5.74) is 2.10. The van der Waals surface area contributed by atoms with E-state index < -0.39 is 0 Å². The molecule has 4 heteroatoms. The van der Waals surface area contributed by atoms with Crippen molar-refractivity contribution in [3.63, 3.8) is 0 Å². The van der Waals surface area contributed by atoms with E-state index in [1.54, 1.807) is 6.07 Å². The second-order valence-corrected chi connectivity index (χ2v) is 7.33. The van der Waals surface area contributed by atoms with Gasteiger partial charge in [-0.15, -0.1) is 0 Å². The Balaban J connectivity index is 1.71. The van der Waals surface area contributed by atoms with Crippen molar-refractivity contribution in [2.45, 2.75) is 51.1 Å². The highest BCUT2D eigenvalue weighted by Gasteiger charge is 2.53. The molecule has 2 aliphatic carbocycles. The van der Waals surface area contributed by atoms with Crippen LogP contribution in [0.4, 0.5) is 5.69 Å². The van der Waals surface area contributed by atoms with E-state index in [1.165, 1.54) is 25.7 Å². The minimum absolute atomic E-state index is 0.125. The first-order valence-electron chi connectivity index (χ1n) is 7.97. The lowest BCUT2D eigenvalue weighted by Crippen LogP contribution is -2.61. The van der Waals surface area contributed by atoms with E-state index in [4.69, 9.17) is 11.6 Å². The van der Waals surface area contributed by atoms with Gasteiger partial charge < -0.3 is 10.2 Å². The maximum absolute atomic E-state index is 12.9. The topological polar surface area (TPSA) is 32.3 Å². The molecule has 3 aliphatic rings. The molecule has 21 heavy (non-hydrogen) atoms. The molecule has 1 amide bonds. The predicted octanol–water partition coefficient (Wildman–Crippen LogP) is 4.28. The Labute approximate surface area is 130 Å². The monoisotopic (exact) mass is 304 g/mol. The van der Waals surface area contributed by atoms with Crippen LogP contribution < -0.4 is 5.32 Å². The Bertz CT molecular complexity index is 599. The quantitative estimate of drug-likeness (QED) is 0.840. The van der Waals surface area contributed by atoms with Crippen molar-refractivity contribution in [1.82, 2.24) is 4.90 Å². The zero-order valence-corrected chi connectivity index (χ0v) is 13.2. The lowest BCUT2D eigenvalue weighted by atomic mass is 9.77. The number of anilines is 1. The molecular formula is C17H21ClN2O. The van der Waals surface area contributed by atoms with E-state index in [0.717, 1.165) is 25.1 Å². The van der Waals surface area contributed by atoms with Crippen molar-refractivity contribution < 1.29 is 4.79 Å². The minimum atomic E-state index is -0.180. The summed E-state index contributed by atoms with van der Waals surface area (Å²) in [6, 6.07) is 5.60. The second-order valence-electron chi connectivity index (χ2n) is 6.90. The van der Waals surface area contributed by atoms with Crippen molar-refractivity contribution >= 4 is 23.2 Å². The van der Waals surface area contributed by atoms with Gasteiger partial charge in [0.05, 0.1) is 5.56 Å². The smallest absolute Gasteiger partial charge is 0.257 e. The van der Waals surface area contributed by atoms with E-state index in [1.807, 2.05) is 17.0 Å². The number of carbonyl (C=O) groups excluding carboxylic acids is 1. The molecule has 0 aromatic heterocycles. The average Bonchev–Trinajstić information content (AvgIpc) is 3.24. The molecule has 2 spiro atoms. The standard InChI is InChI=1S/C17H21ClN2O/c1-2-20-15(21)13-11-12(18)3-4-14(13)19-17(20)9-7-16(5-6-16)8-10-17/h3-4,11,19H,2,5-10H2,1H3. The fourth-order valence-corrected chi connectivity index (χ4v) is 4.34. The van der Waals surface area contributed by atoms with Crippen LogP contribution in [0, 0.1) is 5.41 Å². The van der Waals surface area contributed by atoms with Crippen molar-refractivity contribution in [2.24, 2.45) is 5.41 Å². The molecule has 112 valence electrons. The maximum Gasteiger partial charge on any atom is 0.257 e. The number of fused-ring (bicyclic) bond motifs is 1. The van der Waals surface area contributed by atoms with Gasteiger partial charge in [0.2, 0.25) is 0 Å². The lowest BCUT2D eigenvalue weighted by molar-refractivity contribution is 0.0343. The molecular weight excluding hydrogens is 284 g/mol. The number of hydrogen-bond donors (Lipinski definition) is 1. The van der Waals surface area contributed by atoms with Crippen molar-refractivity contribution in [2.75, 3.05) is 11.9 Å². The molecule has 2 fully saturated rings. The van der Waals surface area contributed by atoms with Crippen molar-refractivity contribution in [3.8, 4) is 0 Å². The van der Waals surface area contributed by atoms with Gasteiger partial charge in [-0.3, -0.25) is 4.79 Å². The third kappa shape index (κ3) is 1.97. The van der Waals surface area contributed by atoms with Crippen molar-refractivity contribution in [3.05, 3.63) is 28.8 Å². The van der Waals surface area contributed by atoms with Gasteiger partial charge in [0.1, 0.15) is 5.66 Å². The number of nitrogens with one attached hydrogen (secondary N) is 1. The first-order valence-corrected chi connectivity index (χ1v) is 8.35. The number of hydrogen-bond acceptors (Lipinski definition) is 2. The minimum Gasteiger partial charge on any atom is -0.362 e. The zero-order chi connectivity index (χ0) is 14.7. The Kier molecular flexibility index (Phi) is 2.81. The van der Waals surface area contributed by atoms with E-state index in [2.05, 4.69) is 12.2 Å². The summed E-state index contributed by atoms with van der Waals surface area (Å²) in [7, 11) is 0.